The molecule has 84 valence electrons. The van der Waals surface area contributed by atoms with Gasteiger partial charge in [-0.15, -0.1) is 0 Å². The predicted molar refractivity (Wildman–Crippen MR) is 63.8 cm³/mol. The molecule has 0 unspecified atom stereocenters. The Morgan fingerprint density at radius 2 is 1.79 bits per heavy atom. The lowest BCUT2D eigenvalue weighted by atomic mass is 9.86. The van der Waals surface area contributed by atoms with E-state index in [9.17, 15) is 4.79 Å². The number of nitrogens with two attached hydrogens (primary N) is 1. The van der Waals surface area contributed by atoms with Gasteiger partial charge in [0.15, 0.2) is 0 Å². The number of hydrogen-bond donors (Lipinski definition) is 2. The highest BCUT2D eigenvalue weighted by molar-refractivity contribution is 6.76. The number of rotatable bonds is 4. The molecule has 0 radical (unpaired) electrons. The van der Waals surface area contributed by atoms with Crippen molar-refractivity contribution in [3.05, 3.63) is 0 Å². The number of hydrogen-bond acceptors (Lipinski definition) is 2. The summed E-state index contributed by atoms with van der Waals surface area (Å²) < 4.78 is 0. The maximum Gasteiger partial charge on any atom is 0.235 e. The predicted octanol–water partition coefficient (Wildman–Crippen LogP) is 1.35. The Balaban J connectivity index is 4.35. The van der Waals surface area contributed by atoms with Crippen molar-refractivity contribution in [3.63, 3.8) is 0 Å². The van der Waals surface area contributed by atoms with Gasteiger partial charge in [-0.05, 0) is 11.6 Å². The molecule has 0 saturated heterocycles. The first-order chi connectivity index (χ1) is 6.04. The van der Waals surface area contributed by atoms with Gasteiger partial charge in [-0.2, -0.15) is 0 Å². The standard InChI is InChI=1S/C10H24N2OSi/c1-10(2,3)8(9(11)13)12-7-14(4,5)6/h8,12H,7H2,1-6H3,(H2,11,13)/t8-/m1/s1. The summed E-state index contributed by atoms with van der Waals surface area (Å²) in [4.78, 5) is 11.2. The number of carbonyl (C=O) groups is 1. The first-order valence-corrected chi connectivity index (χ1v) is 8.77. The van der Waals surface area contributed by atoms with Crippen molar-refractivity contribution in [2.75, 3.05) is 6.17 Å². The fourth-order valence-electron chi connectivity index (χ4n) is 1.24. The van der Waals surface area contributed by atoms with Crippen LogP contribution in [0.3, 0.4) is 0 Å². The molecule has 0 aromatic carbocycles. The zero-order chi connectivity index (χ0) is 11.6. The van der Waals surface area contributed by atoms with Gasteiger partial charge in [-0.25, -0.2) is 0 Å². The first-order valence-electron chi connectivity index (χ1n) is 5.07. The highest BCUT2D eigenvalue weighted by Crippen LogP contribution is 2.19. The topological polar surface area (TPSA) is 55.1 Å². The van der Waals surface area contributed by atoms with Crippen molar-refractivity contribution in [3.8, 4) is 0 Å². The van der Waals surface area contributed by atoms with E-state index >= 15 is 0 Å². The molecule has 0 aromatic heterocycles. The van der Waals surface area contributed by atoms with Crippen LogP contribution in [-0.4, -0.2) is 26.2 Å². The molecule has 0 saturated carbocycles. The van der Waals surface area contributed by atoms with Crippen LogP contribution in [0.4, 0.5) is 0 Å². The Hall–Kier alpha value is -0.353. The van der Waals surface area contributed by atoms with Crippen molar-refractivity contribution in [2.24, 2.45) is 11.1 Å². The van der Waals surface area contributed by atoms with Crippen molar-refractivity contribution in [2.45, 2.75) is 46.5 Å². The molecule has 0 aliphatic heterocycles. The highest BCUT2D eigenvalue weighted by Gasteiger charge is 2.30. The summed E-state index contributed by atoms with van der Waals surface area (Å²) in [6.45, 7) is 12.9. The fraction of sp³-hybridized carbons (Fsp3) is 0.900. The van der Waals surface area contributed by atoms with Crippen LogP contribution in [0.1, 0.15) is 20.8 Å². The average molecular weight is 216 g/mol. The van der Waals surface area contributed by atoms with E-state index in [4.69, 9.17) is 5.73 Å². The molecule has 0 bridgehead atoms. The molecule has 0 heterocycles. The van der Waals surface area contributed by atoms with Gasteiger partial charge in [-0.3, -0.25) is 4.79 Å². The summed E-state index contributed by atoms with van der Waals surface area (Å²) in [6.07, 6.45) is 0.928. The molecular weight excluding hydrogens is 192 g/mol. The third-order valence-electron chi connectivity index (χ3n) is 1.99. The van der Waals surface area contributed by atoms with Gasteiger partial charge in [-0.1, -0.05) is 40.4 Å². The number of nitrogens with one attached hydrogen (secondary N) is 1. The highest BCUT2D eigenvalue weighted by atomic mass is 28.3. The van der Waals surface area contributed by atoms with Crippen LogP contribution < -0.4 is 11.1 Å². The molecule has 3 nitrogen and oxygen atoms in total. The monoisotopic (exact) mass is 216 g/mol. The smallest absolute Gasteiger partial charge is 0.235 e. The van der Waals surface area contributed by atoms with E-state index in [-0.39, 0.29) is 17.4 Å². The van der Waals surface area contributed by atoms with Gasteiger partial charge in [0.1, 0.15) is 0 Å². The lowest BCUT2D eigenvalue weighted by molar-refractivity contribution is -0.122. The Morgan fingerprint density at radius 1 is 1.36 bits per heavy atom. The van der Waals surface area contributed by atoms with Crippen molar-refractivity contribution in [1.82, 2.24) is 5.32 Å². The normalized spacial score (nSPS) is 15.3. The molecule has 0 spiro atoms. The van der Waals surface area contributed by atoms with E-state index in [1.807, 2.05) is 20.8 Å². The summed E-state index contributed by atoms with van der Waals surface area (Å²) in [5.41, 5.74) is 5.26. The molecule has 0 aliphatic rings. The lowest BCUT2D eigenvalue weighted by Crippen LogP contribution is -2.53. The summed E-state index contributed by atoms with van der Waals surface area (Å²) in [7, 11) is -1.16. The maximum atomic E-state index is 11.2. The molecule has 3 N–H and O–H groups in total. The molecule has 1 atom stereocenters. The summed E-state index contributed by atoms with van der Waals surface area (Å²) in [5, 5.41) is 3.29. The Kier molecular flexibility index (Phi) is 4.33. The van der Waals surface area contributed by atoms with Crippen LogP contribution in [0.2, 0.25) is 19.6 Å². The van der Waals surface area contributed by atoms with Gasteiger partial charge >= 0.3 is 0 Å². The average Bonchev–Trinajstić information content (AvgIpc) is 1.79. The van der Waals surface area contributed by atoms with Gasteiger partial charge in [0.2, 0.25) is 5.91 Å². The van der Waals surface area contributed by atoms with Crippen molar-refractivity contribution in [1.29, 1.82) is 0 Å². The van der Waals surface area contributed by atoms with Crippen molar-refractivity contribution < 1.29 is 4.79 Å². The molecule has 14 heavy (non-hydrogen) atoms. The van der Waals surface area contributed by atoms with Crippen LogP contribution in [-0.2, 0) is 4.79 Å². The second-order valence-corrected chi connectivity index (χ2v) is 11.6. The van der Waals surface area contributed by atoms with Crippen LogP contribution in [0.15, 0.2) is 0 Å². The van der Waals surface area contributed by atoms with Gasteiger partial charge in [0.25, 0.3) is 0 Å². The van der Waals surface area contributed by atoms with Crippen LogP contribution >= 0.6 is 0 Å². The minimum Gasteiger partial charge on any atom is -0.368 e. The first kappa shape index (κ1) is 13.6. The zero-order valence-corrected chi connectivity index (χ0v) is 11.3. The molecule has 0 rings (SSSR count). The van der Waals surface area contributed by atoms with Gasteiger partial charge in [0, 0.05) is 0 Å². The molecule has 0 aromatic rings. The molecular formula is C10H24N2OSi. The van der Waals surface area contributed by atoms with Crippen molar-refractivity contribution >= 4 is 14.0 Å². The molecule has 4 heteroatoms. The fourth-order valence-corrected chi connectivity index (χ4v) is 2.06. The zero-order valence-electron chi connectivity index (χ0n) is 10.3. The Labute approximate surface area is 88.5 Å². The number of primary amides is 1. The van der Waals surface area contributed by atoms with E-state index < -0.39 is 8.07 Å². The van der Waals surface area contributed by atoms with Crippen LogP contribution in [0, 0.1) is 5.41 Å². The quantitative estimate of drug-likeness (QED) is 0.697. The third kappa shape index (κ3) is 5.39. The van der Waals surface area contributed by atoms with E-state index in [2.05, 4.69) is 25.0 Å². The Morgan fingerprint density at radius 3 is 2.00 bits per heavy atom. The minimum absolute atomic E-state index is 0.106. The third-order valence-corrected chi connectivity index (χ3v) is 3.25. The van der Waals surface area contributed by atoms with Gasteiger partial charge < -0.3 is 11.1 Å². The Bertz CT molecular complexity index is 203. The summed E-state index contributed by atoms with van der Waals surface area (Å²) in [6, 6.07) is -0.228. The maximum absolute atomic E-state index is 11.2. The summed E-state index contributed by atoms with van der Waals surface area (Å²) in [5.74, 6) is -0.254. The number of carbonyl (C=O) groups excluding carboxylic acids is 1. The van der Waals surface area contributed by atoms with Crippen LogP contribution in [0.25, 0.3) is 0 Å². The molecule has 1 amide bonds. The van der Waals surface area contributed by atoms with Gasteiger partial charge in [0.05, 0.1) is 14.1 Å². The SMILES string of the molecule is CC(C)(C)[C@H](NC[Si](C)(C)C)C(N)=O. The van der Waals surface area contributed by atoms with E-state index in [1.165, 1.54) is 0 Å². The van der Waals surface area contributed by atoms with Crippen LogP contribution in [0.5, 0.6) is 0 Å². The molecule has 0 aliphatic carbocycles. The minimum atomic E-state index is -1.16. The van der Waals surface area contributed by atoms with E-state index in [0.29, 0.717) is 0 Å². The number of amides is 1. The summed E-state index contributed by atoms with van der Waals surface area (Å²) >= 11 is 0. The van der Waals surface area contributed by atoms with E-state index in [1.54, 1.807) is 0 Å². The second kappa shape index (κ2) is 4.44. The largest absolute Gasteiger partial charge is 0.368 e. The lowest BCUT2D eigenvalue weighted by Gasteiger charge is -2.31. The second-order valence-electron chi connectivity index (χ2n) is 6.14. The van der Waals surface area contributed by atoms with E-state index in [0.717, 1.165) is 6.17 Å². The molecule has 0 fully saturated rings.